The fourth-order valence-corrected chi connectivity index (χ4v) is 2.84. The third-order valence-corrected chi connectivity index (χ3v) is 3.87. The topological polar surface area (TPSA) is 88.6 Å². The molecule has 1 aromatic heterocycles. The maximum Gasteiger partial charge on any atom is 0.317 e. The van der Waals surface area contributed by atoms with Gasteiger partial charge in [-0.05, 0) is 38.7 Å². The molecule has 0 radical (unpaired) electrons. The van der Waals surface area contributed by atoms with Crippen molar-refractivity contribution in [3.8, 4) is 0 Å². The number of nitrogens with zero attached hydrogens (tertiary/aromatic N) is 1. The molecular formula is C15H23N3O3. The SMILES string of the molecule is Cc1cc(CNC(=O)N2CCC[C@@H](CC(N)=O)C2)c(C)o1. The second-order valence-corrected chi connectivity index (χ2v) is 5.72. The van der Waals surface area contributed by atoms with E-state index < -0.39 is 0 Å². The molecule has 3 amide bonds. The highest BCUT2D eigenvalue weighted by atomic mass is 16.3. The molecule has 0 aliphatic carbocycles. The summed E-state index contributed by atoms with van der Waals surface area (Å²) >= 11 is 0. The Morgan fingerprint density at radius 3 is 2.86 bits per heavy atom. The maximum absolute atomic E-state index is 12.2. The quantitative estimate of drug-likeness (QED) is 0.885. The largest absolute Gasteiger partial charge is 0.466 e. The molecule has 1 atom stereocenters. The number of nitrogens with two attached hydrogens (primary N) is 1. The Morgan fingerprint density at radius 1 is 1.48 bits per heavy atom. The fraction of sp³-hybridized carbons (Fsp3) is 0.600. The summed E-state index contributed by atoms with van der Waals surface area (Å²) in [6.07, 6.45) is 2.21. The van der Waals surface area contributed by atoms with E-state index in [9.17, 15) is 9.59 Å². The summed E-state index contributed by atoms with van der Waals surface area (Å²) < 4.78 is 5.44. The molecule has 6 nitrogen and oxygen atoms in total. The van der Waals surface area contributed by atoms with Crippen LogP contribution in [0.1, 0.15) is 36.3 Å². The predicted octanol–water partition coefficient (Wildman–Crippen LogP) is 1.69. The highest BCUT2D eigenvalue weighted by Crippen LogP contribution is 2.19. The van der Waals surface area contributed by atoms with Crippen molar-refractivity contribution in [2.75, 3.05) is 13.1 Å². The van der Waals surface area contributed by atoms with E-state index in [1.165, 1.54) is 0 Å². The summed E-state index contributed by atoms with van der Waals surface area (Å²) in [5.41, 5.74) is 6.22. The number of rotatable bonds is 4. The molecule has 1 saturated heterocycles. The van der Waals surface area contributed by atoms with Crippen LogP contribution in [0.2, 0.25) is 0 Å². The van der Waals surface area contributed by atoms with Gasteiger partial charge in [-0.25, -0.2) is 4.79 Å². The van der Waals surface area contributed by atoms with E-state index in [-0.39, 0.29) is 17.9 Å². The number of piperidine rings is 1. The Labute approximate surface area is 124 Å². The number of hydrogen-bond donors (Lipinski definition) is 2. The van der Waals surface area contributed by atoms with Gasteiger partial charge in [0, 0.05) is 31.6 Å². The van der Waals surface area contributed by atoms with Crippen LogP contribution >= 0.6 is 0 Å². The van der Waals surface area contributed by atoms with Crippen molar-refractivity contribution in [2.45, 2.75) is 39.7 Å². The van der Waals surface area contributed by atoms with Crippen molar-refractivity contribution in [3.05, 3.63) is 23.2 Å². The van der Waals surface area contributed by atoms with Crippen LogP contribution < -0.4 is 11.1 Å². The van der Waals surface area contributed by atoms with Gasteiger partial charge in [-0.15, -0.1) is 0 Å². The monoisotopic (exact) mass is 293 g/mol. The lowest BCUT2D eigenvalue weighted by Gasteiger charge is -2.32. The van der Waals surface area contributed by atoms with Crippen molar-refractivity contribution >= 4 is 11.9 Å². The zero-order chi connectivity index (χ0) is 15.4. The van der Waals surface area contributed by atoms with Crippen LogP contribution in [0.15, 0.2) is 10.5 Å². The van der Waals surface area contributed by atoms with Gasteiger partial charge < -0.3 is 20.4 Å². The number of hydrogen-bond acceptors (Lipinski definition) is 3. The molecule has 1 aliphatic heterocycles. The molecule has 2 rings (SSSR count). The van der Waals surface area contributed by atoms with E-state index in [2.05, 4.69) is 5.32 Å². The highest BCUT2D eigenvalue weighted by molar-refractivity contribution is 5.75. The number of aryl methyl sites for hydroxylation is 2. The molecule has 1 aromatic rings. The normalized spacial score (nSPS) is 18.6. The molecule has 116 valence electrons. The first-order valence-corrected chi connectivity index (χ1v) is 7.32. The van der Waals surface area contributed by atoms with E-state index in [0.717, 1.165) is 36.5 Å². The second-order valence-electron chi connectivity index (χ2n) is 5.72. The third-order valence-electron chi connectivity index (χ3n) is 3.87. The first-order chi connectivity index (χ1) is 9.95. The Bertz CT molecular complexity index is 524. The average Bonchev–Trinajstić information content (AvgIpc) is 2.74. The summed E-state index contributed by atoms with van der Waals surface area (Å²) in [6, 6.07) is 1.84. The molecular weight excluding hydrogens is 270 g/mol. The minimum atomic E-state index is -0.299. The molecule has 1 fully saturated rings. The number of carbonyl (C=O) groups excluding carboxylic acids is 2. The molecule has 2 heterocycles. The summed E-state index contributed by atoms with van der Waals surface area (Å²) in [6.45, 7) is 5.55. The lowest BCUT2D eigenvalue weighted by atomic mass is 9.95. The summed E-state index contributed by atoms with van der Waals surface area (Å²) in [7, 11) is 0. The van der Waals surface area contributed by atoms with Crippen molar-refractivity contribution in [2.24, 2.45) is 11.7 Å². The Kier molecular flexibility index (Phi) is 4.88. The molecule has 0 spiro atoms. The lowest BCUT2D eigenvalue weighted by molar-refractivity contribution is -0.119. The minimum absolute atomic E-state index is 0.0950. The van der Waals surface area contributed by atoms with Crippen LogP contribution in [0, 0.1) is 19.8 Å². The Balaban J connectivity index is 1.85. The Hall–Kier alpha value is -1.98. The molecule has 1 aliphatic rings. The number of amides is 3. The number of urea groups is 1. The average molecular weight is 293 g/mol. The molecule has 0 aromatic carbocycles. The number of furan rings is 1. The van der Waals surface area contributed by atoms with Gasteiger partial charge in [0.05, 0.1) is 0 Å². The number of carbonyl (C=O) groups is 2. The highest BCUT2D eigenvalue weighted by Gasteiger charge is 2.24. The first-order valence-electron chi connectivity index (χ1n) is 7.32. The van der Waals surface area contributed by atoms with Crippen LogP contribution in [0.4, 0.5) is 4.79 Å². The summed E-state index contributed by atoms with van der Waals surface area (Å²) in [5, 5.41) is 2.91. The van der Waals surface area contributed by atoms with E-state index in [4.69, 9.17) is 10.2 Å². The Morgan fingerprint density at radius 2 is 2.24 bits per heavy atom. The van der Waals surface area contributed by atoms with Crippen LogP contribution in [0.25, 0.3) is 0 Å². The van der Waals surface area contributed by atoms with Gasteiger partial charge in [-0.1, -0.05) is 0 Å². The van der Waals surface area contributed by atoms with Crippen LogP contribution in [-0.2, 0) is 11.3 Å². The van der Waals surface area contributed by atoms with E-state index in [1.807, 2.05) is 19.9 Å². The van der Waals surface area contributed by atoms with Crippen LogP contribution in [-0.4, -0.2) is 29.9 Å². The molecule has 21 heavy (non-hydrogen) atoms. The van der Waals surface area contributed by atoms with Crippen molar-refractivity contribution < 1.29 is 14.0 Å². The van der Waals surface area contributed by atoms with Gasteiger partial charge in [0.1, 0.15) is 11.5 Å². The van der Waals surface area contributed by atoms with Gasteiger partial charge in [-0.3, -0.25) is 4.79 Å². The van der Waals surface area contributed by atoms with Crippen LogP contribution in [0.3, 0.4) is 0 Å². The van der Waals surface area contributed by atoms with E-state index in [0.29, 0.717) is 19.5 Å². The molecule has 0 unspecified atom stereocenters. The lowest BCUT2D eigenvalue weighted by Crippen LogP contribution is -2.45. The zero-order valence-corrected chi connectivity index (χ0v) is 12.6. The van der Waals surface area contributed by atoms with Crippen molar-refractivity contribution in [1.82, 2.24) is 10.2 Å². The van der Waals surface area contributed by atoms with Crippen LogP contribution in [0.5, 0.6) is 0 Å². The molecule has 6 heteroatoms. The van der Waals surface area contributed by atoms with Gasteiger partial charge in [0.15, 0.2) is 0 Å². The molecule has 0 saturated carbocycles. The molecule has 3 N–H and O–H groups in total. The molecule has 0 bridgehead atoms. The smallest absolute Gasteiger partial charge is 0.317 e. The van der Waals surface area contributed by atoms with E-state index in [1.54, 1.807) is 4.90 Å². The van der Waals surface area contributed by atoms with Gasteiger partial charge in [-0.2, -0.15) is 0 Å². The summed E-state index contributed by atoms with van der Waals surface area (Å²) in [4.78, 5) is 24.9. The summed E-state index contributed by atoms with van der Waals surface area (Å²) in [5.74, 6) is 1.56. The maximum atomic E-state index is 12.2. The van der Waals surface area contributed by atoms with E-state index >= 15 is 0 Å². The van der Waals surface area contributed by atoms with Gasteiger partial charge in [0.25, 0.3) is 0 Å². The third kappa shape index (κ3) is 4.24. The zero-order valence-electron chi connectivity index (χ0n) is 12.6. The first kappa shape index (κ1) is 15.4. The number of nitrogens with one attached hydrogen (secondary N) is 1. The van der Waals surface area contributed by atoms with Crippen molar-refractivity contribution in [3.63, 3.8) is 0 Å². The second kappa shape index (κ2) is 6.65. The standard InChI is InChI=1S/C15H23N3O3/c1-10-6-13(11(2)21-10)8-17-15(20)18-5-3-4-12(9-18)7-14(16)19/h6,12H,3-5,7-9H2,1-2H3,(H2,16,19)(H,17,20)/t12-/m0/s1. The number of primary amides is 1. The van der Waals surface area contributed by atoms with Crippen molar-refractivity contribution in [1.29, 1.82) is 0 Å². The fourth-order valence-electron chi connectivity index (χ4n) is 2.84. The minimum Gasteiger partial charge on any atom is -0.466 e. The van der Waals surface area contributed by atoms with Gasteiger partial charge >= 0.3 is 6.03 Å². The van der Waals surface area contributed by atoms with Gasteiger partial charge in [0.2, 0.25) is 5.91 Å². The predicted molar refractivity (Wildman–Crippen MR) is 78.5 cm³/mol. The number of likely N-dealkylation sites (tertiary alicyclic amines) is 1.